The van der Waals surface area contributed by atoms with Gasteiger partial charge in [0, 0.05) is 19.2 Å². The molecule has 0 N–H and O–H groups in total. The van der Waals surface area contributed by atoms with Crippen LogP contribution in [0, 0.1) is 0 Å². The van der Waals surface area contributed by atoms with Crippen molar-refractivity contribution < 1.29 is 4.79 Å². The monoisotopic (exact) mass is 204 g/mol. The molecule has 0 bridgehead atoms. The van der Waals surface area contributed by atoms with Gasteiger partial charge in [0.1, 0.15) is 0 Å². The van der Waals surface area contributed by atoms with Gasteiger partial charge in [0.2, 0.25) is 5.91 Å². The number of pyridine rings is 1. The molecule has 1 unspecified atom stereocenters. The van der Waals surface area contributed by atoms with Crippen molar-refractivity contribution in [2.75, 3.05) is 6.54 Å². The molecule has 3 heteroatoms. The lowest BCUT2D eigenvalue weighted by Crippen LogP contribution is -2.29. The Bertz CT molecular complexity index is 337. The summed E-state index contributed by atoms with van der Waals surface area (Å²) in [7, 11) is 0. The Morgan fingerprint density at radius 3 is 2.93 bits per heavy atom. The molecule has 1 aliphatic rings. The first-order valence-electron chi connectivity index (χ1n) is 5.53. The van der Waals surface area contributed by atoms with Crippen LogP contribution in [-0.4, -0.2) is 22.3 Å². The highest BCUT2D eigenvalue weighted by Crippen LogP contribution is 2.26. The molecule has 1 aliphatic heterocycles. The number of likely N-dealkylation sites (tertiary alicyclic amines) is 1. The minimum Gasteiger partial charge on any atom is -0.334 e. The van der Waals surface area contributed by atoms with E-state index in [0.29, 0.717) is 6.42 Å². The van der Waals surface area contributed by atoms with Gasteiger partial charge in [-0.05, 0) is 25.0 Å². The Morgan fingerprint density at radius 2 is 2.40 bits per heavy atom. The molecule has 80 valence electrons. The van der Waals surface area contributed by atoms with E-state index < -0.39 is 0 Å². The molecule has 1 aromatic heterocycles. The molecule has 1 atom stereocenters. The molecule has 0 spiro atoms. The van der Waals surface area contributed by atoms with E-state index in [9.17, 15) is 4.79 Å². The standard InChI is InChI=1S/C12H16N2O/c1-2-11(10-6-3-4-8-13-10)14-9-5-7-12(14)15/h3-4,6,8,11H,2,5,7,9H2,1H3. The van der Waals surface area contributed by atoms with Crippen molar-refractivity contribution in [2.45, 2.75) is 32.2 Å². The predicted octanol–water partition coefficient (Wildman–Crippen LogP) is 2.16. The molecule has 0 aliphatic carbocycles. The van der Waals surface area contributed by atoms with Gasteiger partial charge in [0.25, 0.3) is 0 Å². The zero-order chi connectivity index (χ0) is 10.7. The van der Waals surface area contributed by atoms with Crippen LogP contribution >= 0.6 is 0 Å². The number of nitrogens with zero attached hydrogens (tertiary/aromatic N) is 2. The minimum absolute atomic E-state index is 0.168. The highest BCUT2D eigenvalue weighted by molar-refractivity contribution is 5.78. The van der Waals surface area contributed by atoms with Crippen LogP contribution in [0.3, 0.4) is 0 Å². The van der Waals surface area contributed by atoms with Gasteiger partial charge >= 0.3 is 0 Å². The fourth-order valence-corrected chi connectivity index (χ4v) is 2.16. The summed E-state index contributed by atoms with van der Waals surface area (Å²) in [5.41, 5.74) is 1.01. The maximum Gasteiger partial charge on any atom is 0.223 e. The first-order chi connectivity index (χ1) is 7.33. The van der Waals surface area contributed by atoms with E-state index in [1.807, 2.05) is 23.1 Å². The summed E-state index contributed by atoms with van der Waals surface area (Å²) in [6.07, 6.45) is 4.41. The van der Waals surface area contributed by atoms with E-state index in [1.54, 1.807) is 6.20 Å². The molecule has 0 saturated carbocycles. The summed E-state index contributed by atoms with van der Waals surface area (Å²) in [4.78, 5) is 17.9. The van der Waals surface area contributed by atoms with Gasteiger partial charge in [0.15, 0.2) is 0 Å². The average Bonchev–Trinajstić information content (AvgIpc) is 2.68. The molecule has 0 aromatic carbocycles. The zero-order valence-corrected chi connectivity index (χ0v) is 9.02. The van der Waals surface area contributed by atoms with Gasteiger partial charge in [-0.3, -0.25) is 9.78 Å². The summed E-state index contributed by atoms with van der Waals surface area (Å²) in [5, 5.41) is 0. The normalized spacial score (nSPS) is 18.2. The van der Waals surface area contributed by atoms with Gasteiger partial charge in [-0.25, -0.2) is 0 Å². The zero-order valence-electron chi connectivity index (χ0n) is 9.02. The molecule has 1 aromatic rings. The molecule has 3 nitrogen and oxygen atoms in total. The fraction of sp³-hybridized carbons (Fsp3) is 0.500. The van der Waals surface area contributed by atoms with Crippen LogP contribution < -0.4 is 0 Å². The van der Waals surface area contributed by atoms with Gasteiger partial charge in [-0.2, -0.15) is 0 Å². The van der Waals surface area contributed by atoms with Crippen molar-refractivity contribution in [3.05, 3.63) is 30.1 Å². The summed E-state index contributed by atoms with van der Waals surface area (Å²) in [6, 6.07) is 6.05. The van der Waals surface area contributed by atoms with E-state index in [0.717, 1.165) is 25.1 Å². The number of carbonyl (C=O) groups excluding carboxylic acids is 1. The van der Waals surface area contributed by atoms with Crippen molar-refractivity contribution in [1.29, 1.82) is 0 Å². The molecular weight excluding hydrogens is 188 g/mol. The molecule has 15 heavy (non-hydrogen) atoms. The Morgan fingerprint density at radius 1 is 1.53 bits per heavy atom. The van der Waals surface area contributed by atoms with Crippen molar-refractivity contribution in [3.8, 4) is 0 Å². The largest absolute Gasteiger partial charge is 0.334 e. The molecule has 2 rings (SSSR count). The van der Waals surface area contributed by atoms with Gasteiger partial charge < -0.3 is 4.90 Å². The molecular formula is C12H16N2O. The van der Waals surface area contributed by atoms with E-state index in [2.05, 4.69) is 11.9 Å². The number of carbonyl (C=O) groups is 1. The summed E-state index contributed by atoms with van der Waals surface area (Å²) in [6.45, 7) is 2.98. The summed E-state index contributed by atoms with van der Waals surface area (Å²) >= 11 is 0. The molecule has 2 heterocycles. The lowest BCUT2D eigenvalue weighted by molar-refractivity contribution is -0.129. The predicted molar refractivity (Wildman–Crippen MR) is 58.2 cm³/mol. The number of rotatable bonds is 3. The van der Waals surface area contributed by atoms with Gasteiger partial charge in [-0.15, -0.1) is 0 Å². The number of aromatic nitrogens is 1. The summed E-state index contributed by atoms with van der Waals surface area (Å²) < 4.78 is 0. The van der Waals surface area contributed by atoms with Crippen molar-refractivity contribution in [3.63, 3.8) is 0 Å². The third kappa shape index (κ3) is 2.01. The lowest BCUT2D eigenvalue weighted by Gasteiger charge is -2.26. The van der Waals surface area contributed by atoms with Crippen molar-refractivity contribution in [1.82, 2.24) is 9.88 Å². The van der Waals surface area contributed by atoms with Crippen LogP contribution in [0.4, 0.5) is 0 Å². The topological polar surface area (TPSA) is 33.2 Å². The van der Waals surface area contributed by atoms with E-state index in [4.69, 9.17) is 0 Å². The first-order valence-corrected chi connectivity index (χ1v) is 5.53. The Balaban J connectivity index is 2.20. The van der Waals surface area contributed by atoms with Crippen LogP contribution in [0.15, 0.2) is 24.4 Å². The summed E-state index contributed by atoms with van der Waals surface area (Å²) in [5.74, 6) is 0.271. The number of amides is 1. The van der Waals surface area contributed by atoms with Crippen LogP contribution in [0.25, 0.3) is 0 Å². The maximum atomic E-state index is 11.6. The molecule has 0 radical (unpaired) electrons. The highest BCUT2D eigenvalue weighted by Gasteiger charge is 2.28. The maximum absolute atomic E-state index is 11.6. The van der Waals surface area contributed by atoms with Crippen molar-refractivity contribution >= 4 is 5.91 Å². The average molecular weight is 204 g/mol. The van der Waals surface area contributed by atoms with E-state index in [1.165, 1.54) is 0 Å². The van der Waals surface area contributed by atoms with Gasteiger partial charge in [0.05, 0.1) is 11.7 Å². The van der Waals surface area contributed by atoms with Gasteiger partial charge in [-0.1, -0.05) is 13.0 Å². The molecule has 1 amide bonds. The van der Waals surface area contributed by atoms with E-state index >= 15 is 0 Å². The Labute approximate surface area is 90.1 Å². The van der Waals surface area contributed by atoms with Crippen LogP contribution in [-0.2, 0) is 4.79 Å². The second-order valence-corrected chi connectivity index (χ2v) is 3.87. The fourth-order valence-electron chi connectivity index (χ4n) is 2.16. The Hall–Kier alpha value is -1.38. The third-order valence-electron chi connectivity index (χ3n) is 2.90. The number of hydrogen-bond donors (Lipinski definition) is 0. The van der Waals surface area contributed by atoms with Crippen LogP contribution in [0.2, 0.25) is 0 Å². The van der Waals surface area contributed by atoms with Crippen LogP contribution in [0.1, 0.15) is 37.9 Å². The molecule has 1 fully saturated rings. The SMILES string of the molecule is CCC(c1ccccn1)N1CCCC1=O. The van der Waals surface area contributed by atoms with E-state index in [-0.39, 0.29) is 11.9 Å². The third-order valence-corrected chi connectivity index (χ3v) is 2.90. The van der Waals surface area contributed by atoms with Crippen LogP contribution in [0.5, 0.6) is 0 Å². The lowest BCUT2D eigenvalue weighted by atomic mass is 10.1. The quantitative estimate of drug-likeness (QED) is 0.756. The second-order valence-electron chi connectivity index (χ2n) is 3.87. The number of hydrogen-bond acceptors (Lipinski definition) is 2. The smallest absolute Gasteiger partial charge is 0.223 e. The minimum atomic E-state index is 0.168. The molecule has 1 saturated heterocycles. The van der Waals surface area contributed by atoms with Crippen molar-refractivity contribution in [2.24, 2.45) is 0 Å². The second kappa shape index (κ2) is 4.43. The Kier molecular flexibility index (Phi) is 2.99. The first kappa shape index (κ1) is 10.1. The highest BCUT2D eigenvalue weighted by atomic mass is 16.2.